The first-order chi connectivity index (χ1) is 12.2. The first kappa shape index (κ1) is 15.3. The molecule has 1 N–H and O–H groups in total. The molecule has 2 aromatic heterocycles. The van der Waals surface area contributed by atoms with E-state index in [-0.39, 0.29) is 5.82 Å². The molecule has 2 aromatic carbocycles. The van der Waals surface area contributed by atoms with E-state index in [1.807, 2.05) is 35.8 Å². The smallest absolute Gasteiger partial charge is 0.239 e. The molecule has 25 heavy (non-hydrogen) atoms. The Labute approximate surface area is 144 Å². The molecule has 0 aliphatic rings. The second kappa shape index (κ2) is 6.32. The Morgan fingerprint density at radius 1 is 1.04 bits per heavy atom. The summed E-state index contributed by atoms with van der Waals surface area (Å²) in [5.74, 6) is 0.743. The summed E-state index contributed by atoms with van der Waals surface area (Å²) in [5.41, 5.74) is 2.91. The summed E-state index contributed by atoms with van der Waals surface area (Å²) in [5, 5.41) is 4.25. The highest BCUT2D eigenvalue weighted by atomic mass is 19.1. The Kier molecular flexibility index (Phi) is 3.85. The fraction of sp³-hybridized carbons (Fsp3) is 0.105. The molecule has 124 valence electrons. The van der Waals surface area contributed by atoms with E-state index >= 15 is 0 Å². The highest BCUT2D eigenvalue weighted by Gasteiger charge is 2.10. The van der Waals surface area contributed by atoms with Gasteiger partial charge in [-0.25, -0.2) is 14.4 Å². The molecule has 0 unspecified atom stereocenters. The molecule has 0 saturated carbocycles. The number of nitrogens with zero attached hydrogens (tertiary/aromatic N) is 4. The van der Waals surface area contributed by atoms with Crippen LogP contribution in [0.4, 0.5) is 10.3 Å². The molecular formula is C19H16FN5. The first-order valence-corrected chi connectivity index (χ1v) is 7.95. The second-order valence-corrected chi connectivity index (χ2v) is 5.77. The van der Waals surface area contributed by atoms with Gasteiger partial charge in [0.15, 0.2) is 0 Å². The van der Waals surface area contributed by atoms with Gasteiger partial charge < -0.3 is 5.32 Å². The zero-order chi connectivity index (χ0) is 17.2. The number of halogens is 1. The molecule has 0 saturated heterocycles. The van der Waals surface area contributed by atoms with E-state index in [0.29, 0.717) is 18.4 Å². The van der Waals surface area contributed by atoms with Crippen LogP contribution in [0.1, 0.15) is 11.3 Å². The maximum atomic E-state index is 13.3. The van der Waals surface area contributed by atoms with Gasteiger partial charge in [-0.1, -0.05) is 30.3 Å². The zero-order valence-corrected chi connectivity index (χ0v) is 13.6. The second-order valence-electron chi connectivity index (χ2n) is 5.77. The van der Waals surface area contributed by atoms with Gasteiger partial charge in [0.1, 0.15) is 12.1 Å². The van der Waals surface area contributed by atoms with Gasteiger partial charge >= 0.3 is 0 Å². The van der Waals surface area contributed by atoms with Gasteiger partial charge in [0.05, 0.1) is 5.52 Å². The first-order valence-electron chi connectivity index (χ1n) is 7.95. The number of fused-ring (bicyclic) bond motifs is 1. The average Bonchev–Trinajstić information content (AvgIpc) is 2.96. The Bertz CT molecular complexity index is 1040. The van der Waals surface area contributed by atoms with Crippen LogP contribution >= 0.6 is 0 Å². The van der Waals surface area contributed by atoms with Crippen LogP contribution in [-0.2, 0) is 6.54 Å². The van der Waals surface area contributed by atoms with Crippen LogP contribution in [0.3, 0.4) is 0 Å². The lowest BCUT2D eigenvalue weighted by Gasteiger charge is -2.09. The van der Waals surface area contributed by atoms with E-state index in [1.54, 1.807) is 6.07 Å². The van der Waals surface area contributed by atoms with Gasteiger partial charge in [-0.3, -0.25) is 4.57 Å². The number of aromatic nitrogens is 4. The van der Waals surface area contributed by atoms with Crippen molar-refractivity contribution in [2.45, 2.75) is 13.5 Å². The van der Waals surface area contributed by atoms with Crippen LogP contribution in [0.25, 0.3) is 16.9 Å². The Balaban J connectivity index is 1.64. The normalized spacial score (nSPS) is 11.0. The van der Waals surface area contributed by atoms with Gasteiger partial charge in [0, 0.05) is 17.6 Å². The van der Waals surface area contributed by atoms with Crippen LogP contribution < -0.4 is 5.32 Å². The molecular weight excluding hydrogens is 317 g/mol. The summed E-state index contributed by atoms with van der Waals surface area (Å²) in [6, 6.07) is 16.6. The lowest BCUT2D eigenvalue weighted by atomic mass is 10.2. The lowest BCUT2D eigenvalue weighted by molar-refractivity contribution is 0.626. The number of anilines is 1. The summed E-state index contributed by atoms with van der Waals surface area (Å²) in [6.45, 7) is 2.45. The fourth-order valence-electron chi connectivity index (χ4n) is 2.87. The predicted octanol–water partition coefficient (Wildman–Crippen LogP) is 3.88. The van der Waals surface area contributed by atoms with Crippen LogP contribution in [0.5, 0.6) is 0 Å². The van der Waals surface area contributed by atoms with Gasteiger partial charge in [0.25, 0.3) is 0 Å². The molecule has 0 atom stereocenters. The van der Waals surface area contributed by atoms with Crippen molar-refractivity contribution in [2.75, 3.05) is 5.32 Å². The minimum atomic E-state index is -0.259. The van der Waals surface area contributed by atoms with Gasteiger partial charge in [-0.05, 0) is 36.8 Å². The lowest BCUT2D eigenvalue weighted by Crippen LogP contribution is -2.09. The molecule has 2 heterocycles. The summed E-state index contributed by atoms with van der Waals surface area (Å²) in [4.78, 5) is 13.0. The Hall–Kier alpha value is -3.28. The SMILES string of the molecule is Cc1cc2ccccc2n1-c1ncnc(NCc2cccc(F)c2)n1. The van der Waals surface area contributed by atoms with Crippen molar-refractivity contribution in [3.8, 4) is 5.95 Å². The number of benzene rings is 2. The third kappa shape index (κ3) is 3.06. The summed E-state index contributed by atoms with van der Waals surface area (Å²) in [6.07, 6.45) is 1.48. The average molecular weight is 333 g/mol. The van der Waals surface area contributed by atoms with E-state index in [1.165, 1.54) is 18.5 Å². The molecule has 0 amide bonds. The largest absolute Gasteiger partial charge is 0.350 e. The van der Waals surface area contributed by atoms with Crippen molar-refractivity contribution in [3.05, 3.63) is 78.0 Å². The van der Waals surface area contributed by atoms with Crippen molar-refractivity contribution in [3.63, 3.8) is 0 Å². The topological polar surface area (TPSA) is 55.6 Å². The number of rotatable bonds is 4. The maximum Gasteiger partial charge on any atom is 0.239 e. The quantitative estimate of drug-likeness (QED) is 0.616. The molecule has 0 radical (unpaired) electrons. The minimum absolute atomic E-state index is 0.259. The molecule has 5 nitrogen and oxygen atoms in total. The third-order valence-electron chi connectivity index (χ3n) is 3.99. The number of hydrogen-bond donors (Lipinski definition) is 1. The van der Waals surface area contributed by atoms with Crippen LogP contribution in [0, 0.1) is 12.7 Å². The van der Waals surface area contributed by atoms with E-state index in [4.69, 9.17) is 0 Å². The molecule has 0 fully saturated rings. The molecule has 0 aliphatic heterocycles. The highest BCUT2D eigenvalue weighted by molar-refractivity contribution is 5.82. The predicted molar refractivity (Wildman–Crippen MR) is 95.1 cm³/mol. The van der Waals surface area contributed by atoms with Gasteiger partial charge in [-0.15, -0.1) is 0 Å². The molecule has 0 bridgehead atoms. The maximum absolute atomic E-state index is 13.3. The van der Waals surface area contributed by atoms with E-state index in [9.17, 15) is 4.39 Å². The number of aryl methyl sites for hydroxylation is 1. The third-order valence-corrected chi connectivity index (χ3v) is 3.99. The summed E-state index contributed by atoms with van der Waals surface area (Å²) < 4.78 is 15.3. The summed E-state index contributed by atoms with van der Waals surface area (Å²) >= 11 is 0. The van der Waals surface area contributed by atoms with Crippen LogP contribution in [-0.4, -0.2) is 19.5 Å². The molecule has 4 aromatic rings. The monoisotopic (exact) mass is 333 g/mol. The van der Waals surface area contributed by atoms with Crippen molar-refractivity contribution < 1.29 is 4.39 Å². The van der Waals surface area contributed by atoms with Gasteiger partial charge in [-0.2, -0.15) is 4.98 Å². The molecule has 0 spiro atoms. The van der Waals surface area contributed by atoms with Crippen molar-refractivity contribution >= 4 is 16.9 Å². The number of hydrogen-bond acceptors (Lipinski definition) is 4. The standard InChI is InChI=1S/C19H16FN5/c1-13-9-15-6-2-3-8-17(15)25(13)19-23-12-22-18(24-19)21-11-14-5-4-7-16(20)10-14/h2-10,12H,11H2,1H3,(H,21,22,23,24). The van der Waals surface area contributed by atoms with E-state index in [2.05, 4.69) is 32.4 Å². The van der Waals surface area contributed by atoms with Crippen molar-refractivity contribution in [2.24, 2.45) is 0 Å². The van der Waals surface area contributed by atoms with Gasteiger partial charge in [0.2, 0.25) is 11.9 Å². The van der Waals surface area contributed by atoms with Crippen molar-refractivity contribution in [1.82, 2.24) is 19.5 Å². The molecule has 6 heteroatoms. The van der Waals surface area contributed by atoms with E-state index < -0.39 is 0 Å². The van der Waals surface area contributed by atoms with Crippen LogP contribution in [0.2, 0.25) is 0 Å². The van der Waals surface area contributed by atoms with Crippen molar-refractivity contribution in [1.29, 1.82) is 0 Å². The summed E-state index contributed by atoms with van der Waals surface area (Å²) in [7, 11) is 0. The van der Waals surface area contributed by atoms with Crippen LogP contribution in [0.15, 0.2) is 60.9 Å². The minimum Gasteiger partial charge on any atom is -0.350 e. The number of nitrogens with one attached hydrogen (secondary N) is 1. The molecule has 4 rings (SSSR count). The Morgan fingerprint density at radius 3 is 2.80 bits per heavy atom. The number of para-hydroxylation sites is 1. The molecule has 0 aliphatic carbocycles. The zero-order valence-electron chi connectivity index (χ0n) is 13.6. The Morgan fingerprint density at radius 2 is 1.92 bits per heavy atom. The van der Waals surface area contributed by atoms with E-state index in [0.717, 1.165) is 22.2 Å². The highest BCUT2D eigenvalue weighted by Crippen LogP contribution is 2.22. The fourth-order valence-corrected chi connectivity index (χ4v) is 2.87.